The summed E-state index contributed by atoms with van der Waals surface area (Å²) < 4.78 is 0. The first kappa shape index (κ1) is 10.8. The molecule has 3 nitrogen and oxygen atoms in total. The van der Waals surface area contributed by atoms with Crippen LogP contribution in [0.3, 0.4) is 0 Å². The summed E-state index contributed by atoms with van der Waals surface area (Å²) in [5.74, 6) is 0.149. The standard InChI is InChI=1S/C9H16ClNO2/c1-3-7-4-11(5-8(7)12)9(13)6(2)10/h6-8,12H,3-5H2,1-2H3. The first-order valence-electron chi connectivity index (χ1n) is 4.67. The highest BCUT2D eigenvalue weighted by Crippen LogP contribution is 2.21. The third kappa shape index (κ3) is 2.35. The SMILES string of the molecule is CCC1CN(C(=O)C(C)Cl)CC1O. The van der Waals surface area contributed by atoms with Gasteiger partial charge in [0.05, 0.1) is 6.10 Å². The predicted octanol–water partition coefficient (Wildman–Crippen LogP) is 0.843. The molecule has 76 valence electrons. The number of aliphatic hydroxyl groups excluding tert-OH is 1. The van der Waals surface area contributed by atoms with Gasteiger partial charge >= 0.3 is 0 Å². The molecule has 4 heteroatoms. The normalized spacial score (nSPS) is 30.6. The zero-order valence-electron chi connectivity index (χ0n) is 8.03. The Bertz CT molecular complexity index is 196. The zero-order valence-corrected chi connectivity index (χ0v) is 8.79. The van der Waals surface area contributed by atoms with Gasteiger partial charge in [0.2, 0.25) is 5.91 Å². The summed E-state index contributed by atoms with van der Waals surface area (Å²) in [5.41, 5.74) is 0. The van der Waals surface area contributed by atoms with Crippen LogP contribution in [0.15, 0.2) is 0 Å². The molecule has 0 bridgehead atoms. The fraction of sp³-hybridized carbons (Fsp3) is 0.889. The van der Waals surface area contributed by atoms with Crippen LogP contribution < -0.4 is 0 Å². The van der Waals surface area contributed by atoms with Crippen molar-refractivity contribution in [2.45, 2.75) is 31.7 Å². The summed E-state index contributed by atoms with van der Waals surface area (Å²) in [6, 6.07) is 0. The lowest BCUT2D eigenvalue weighted by Crippen LogP contribution is -2.34. The quantitative estimate of drug-likeness (QED) is 0.679. The molecule has 0 aromatic carbocycles. The predicted molar refractivity (Wildman–Crippen MR) is 51.7 cm³/mol. The van der Waals surface area contributed by atoms with Crippen molar-refractivity contribution < 1.29 is 9.90 Å². The Morgan fingerprint density at radius 3 is 2.69 bits per heavy atom. The highest BCUT2D eigenvalue weighted by molar-refractivity contribution is 6.30. The van der Waals surface area contributed by atoms with E-state index >= 15 is 0 Å². The number of likely N-dealkylation sites (tertiary alicyclic amines) is 1. The van der Waals surface area contributed by atoms with E-state index in [0.717, 1.165) is 6.42 Å². The van der Waals surface area contributed by atoms with E-state index in [1.54, 1.807) is 11.8 Å². The third-order valence-electron chi connectivity index (χ3n) is 2.58. The molecule has 1 N–H and O–H groups in total. The maximum atomic E-state index is 11.4. The van der Waals surface area contributed by atoms with Crippen LogP contribution in [0.25, 0.3) is 0 Å². The van der Waals surface area contributed by atoms with Crippen LogP contribution in [0.4, 0.5) is 0 Å². The Labute approximate surface area is 83.7 Å². The monoisotopic (exact) mass is 205 g/mol. The van der Waals surface area contributed by atoms with Crippen molar-refractivity contribution in [3.05, 3.63) is 0 Å². The van der Waals surface area contributed by atoms with Gasteiger partial charge < -0.3 is 10.0 Å². The zero-order chi connectivity index (χ0) is 10.0. The summed E-state index contributed by atoms with van der Waals surface area (Å²) in [4.78, 5) is 13.1. The average molecular weight is 206 g/mol. The Hall–Kier alpha value is -0.280. The van der Waals surface area contributed by atoms with Gasteiger partial charge in [0.25, 0.3) is 0 Å². The number of carbonyl (C=O) groups is 1. The van der Waals surface area contributed by atoms with Gasteiger partial charge in [-0.15, -0.1) is 11.6 Å². The first-order chi connectivity index (χ1) is 6.06. The first-order valence-corrected chi connectivity index (χ1v) is 5.10. The van der Waals surface area contributed by atoms with E-state index in [1.807, 2.05) is 6.92 Å². The molecule has 0 radical (unpaired) electrons. The summed E-state index contributed by atoms with van der Waals surface area (Å²) in [6.07, 6.45) is 0.533. The minimum Gasteiger partial charge on any atom is -0.391 e. The largest absolute Gasteiger partial charge is 0.391 e. The van der Waals surface area contributed by atoms with E-state index in [-0.39, 0.29) is 17.9 Å². The second kappa shape index (κ2) is 4.29. The lowest BCUT2D eigenvalue weighted by Gasteiger charge is -2.16. The molecule has 0 aromatic rings. The van der Waals surface area contributed by atoms with Crippen molar-refractivity contribution in [2.24, 2.45) is 5.92 Å². The second-order valence-electron chi connectivity index (χ2n) is 3.59. The van der Waals surface area contributed by atoms with Crippen molar-refractivity contribution in [1.29, 1.82) is 0 Å². The van der Waals surface area contributed by atoms with Crippen LogP contribution in [-0.2, 0) is 4.79 Å². The lowest BCUT2D eigenvalue weighted by molar-refractivity contribution is -0.129. The fourth-order valence-electron chi connectivity index (χ4n) is 1.69. The molecule has 0 aromatic heterocycles. The molecule has 0 aliphatic carbocycles. The van der Waals surface area contributed by atoms with Crippen molar-refractivity contribution in [3.8, 4) is 0 Å². The maximum Gasteiger partial charge on any atom is 0.240 e. The molecule has 1 rings (SSSR count). The van der Waals surface area contributed by atoms with Gasteiger partial charge in [-0.1, -0.05) is 6.92 Å². The van der Waals surface area contributed by atoms with Crippen molar-refractivity contribution in [3.63, 3.8) is 0 Å². The maximum absolute atomic E-state index is 11.4. The van der Waals surface area contributed by atoms with Gasteiger partial charge in [-0.2, -0.15) is 0 Å². The molecular formula is C9H16ClNO2. The number of β-amino-alcohol motifs (C(OH)–C–C–N with tert-alkyl or cyclic N) is 1. The number of alkyl halides is 1. The minimum atomic E-state index is -0.484. The summed E-state index contributed by atoms with van der Waals surface area (Å²) >= 11 is 5.67. The number of carbonyl (C=O) groups excluding carboxylic acids is 1. The van der Waals surface area contributed by atoms with Gasteiger partial charge in [0.15, 0.2) is 0 Å². The summed E-state index contributed by atoms with van der Waals surface area (Å²) in [7, 11) is 0. The van der Waals surface area contributed by atoms with Gasteiger partial charge in [0, 0.05) is 19.0 Å². The number of rotatable bonds is 2. The van der Waals surface area contributed by atoms with E-state index in [9.17, 15) is 9.90 Å². The smallest absolute Gasteiger partial charge is 0.240 e. The molecule has 1 saturated heterocycles. The number of hydrogen-bond donors (Lipinski definition) is 1. The number of hydrogen-bond acceptors (Lipinski definition) is 2. The Morgan fingerprint density at radius 1 is 1.69 bits per heavy atom. The van der Waals surface area contributed by atoms with Crippen LogP contribution in [0, 0.1) is 5.92 Å². The van der Waals surface area contributed by atoms with E-state index in [1.165, 1.54) is 0 Å². The third-order valence-corrected chi connectivity index (χ3v) is 2.77. The van der Waals surface area contributed by atoms with Crippen LogP contribution in [0.5, 0.6) is 0 Å². The van der Waals surface area contributed by atoms with Crippen molar-refractivity contribution >= 4 is 17.5 Å². The highest BCUT2D eigenvalue weighted by Gasteiger charge is 2.33. The fourth-order valence-corrected chi connectivity index (χ4v) is 1.82. The minimum absolute atomic E-state index is 0.0725. The molecule has 1 amide bonds. The number of amides is 1. The van der Waals surface area contributed by atoms with Crippen LogP contribution in [0.2, 0.25) is 0 Å². The molecule has 0 saturated carbocycles. The molecule has 1 aliphatic heterocycles. The topological polar surface area (TPSA) is 40.5 Å². The van der Waals surface area contributed by atoms with Gasteiger partial charge in [-0.05, 0) is 13.3 Å². The molecule has 1 heterocycles. The van der Waals surface area contributed by atoms with E-state index in [0.29, 0.717) is 13.1 Å². The Kier molecular flexibility index (Phi) is 3.56. The second-order valence-corrected chi connectivity index (χ2v) is 4.25. The molecule has 13 heavy (non-hydrogen) atoms. The molecule has 3 atom stereocenters. The van der Waals surface area contributed by atoms with E-state index in [4.69, 9.17) is 11.6 Å². The average Bonchev–Trinajstić information content (AvgIpc) is 2.45. The van der Waals surface area contributed by atoms with Crippen LogP contribution in [-0.4, -0.2) is 40.5 Å². The number of nitrogens with zero attached hydrogens (tertiary/aromatic N) is 1. The van der Waals surface area contributed by atoms with Gasteiger partial charge in [-0.25, -0.2) is 0 Å². The number of aliphatic hydroxyl groups is 1. The van der Waals surface area contributed by atoms with Gasteiger partial charge in [0.1, 0.15) is 5.38 Å². The van der Waals surface area contributed by atoms with Crippen molar-refractivity contribution in [2.75, 3.05) is 13.1 Å². The summed E-state index contributed by atoms with van der Waals surface area (Å²) in [5, 5.41) is 9.07. The van der Waals surface area contributed by atoms with E-state index in [2.05, 4.69) is 0 Å². The molecule has 1 aliphatic rings. The van der Waals surface area contributed by atoms with Crippen LogP contribution in [0.1, 0.15) is 20.3 Å². The lowest BCUT2D eigenvalue weighted by atomic mass is 10.0. The summed E-state index contributed by atoms with van der Waals surface area (Å²) in [6.45, 7) is 4.77. The van der Waals surface area contributed by atoms with Crippen LogP contribution >= 0.6 is 11.6 Å². The Balaban J connectivity index is 2.53. The van der Waals surface area contributed by atoms with E-state index < -0.39 is 5.38 Å². The molecule has 1 fully saturated rings. The molecule has 0 spiro atoms. The number of halogens is 1. The highest BCUT2D eigenvalue weighted by atomic mass is 35.5. The molecule has 3 unspecified atom stereocenters. The van der Waals surface area contributed by atoms with Crippen molar-refractivity contribution in [1.82, 2.24) is 4.90 Å². The van der Waals surface area contributed by atoms with Gasteiger partial charge in [-0.3, -0.25) is 4.79 Å². The molecular weight excluding hydrogens is 190 g/mol. The Morgan fingerprint density at radius 2 is 2.31 bits per heavy atom.